The summed E-state index contributed by atoms with van der Waals surface area (Å²) in [6.07, 6.45) is -1.58. The van der Waals surface area contributed by atoms with Crippen molar-refractivity contribution in [2.75, 3.05) is 14.1 Å². The van der Waals surface area contributed by atoms with E-state index in [1.807, 2.05) is 0 Å². The van der Waals surface area contributed by atoms with E-state index in [2.05, 4.69) is 0 Å². The van der Waals surface area contributed by atoms with Crippen LogP contribution in [0.3, 0.4) is 0 Å². The van der Waals surface area contributed by atoms with Crippen molar-refractivity contribution < 1.29 is 39.3 Å². The van der Waals surface area contributed by atoms with Gasteiger partial charge in [-0.25, -0.2) is 0 Å². The lowest BCUT2D eigenvalue weighted by molar-refractivity contribution is -0.195. The summed E-state index contributed by atoms with van der Waals surface area (Å²) in [7, 11) is 2.89. The Labute approximate surface area is 176 Å². The van der Waals surface area contributed by atoms with Gasteiger partial charge in [0.25, 0.3) is 0 Å². The Morgan fingerprint density at radius 1 is 1.16 bits per heavy atom. The third-order valence-corrected chi connectivity index (χ3v) is 6.88. The lowest BCUT2D eigenvalue weighted by atomic mass is 9.51. The van der Waals surface area contributed by atoms with Gasteiger partial charge in [-0.05, 0) is 32.1 Å². The first kappa shape index (κ1) is 21.3. The predicted octanol–water partition coefficient (Wildman–Crippen LogP) is -2.16. The van der Waals surface area contributed by atoms with Gasteiger partial charge in [-0.2, -0.15) is 0 Å². The number of hydrogen-bond donors (Lipinski definition) is 4. The predicted molar refractivity (Wildman–Crippen MR) is 103 cm³/mol. The molecule has 0 saturated heterocycles. The van der Waals surface area contributed by atoms with Gasteiger partial charge in [0.05, 0.1) is 29.5 Å². The van der Waals surface area contributed by atoms with Gasteiger partial charge in [0.2, 0.25) is 5.91 Å². The molecule has 2 saturated carbocycles. The molecule has 10 nitrogen and oxygen atoms in total. The van der Waals surface area contributed by atoms with Crippen molar-refractivity contribution in [2.24, 2.45) is 29.4 Å². The number of primary amides is 1. The number of rotatable bonds is 2. The molecule has 0 aromatic heterocycles. The SMILES string of the molecule is CN(C)[C@H]1C(=O)C(C(N)=O)C(=O)[C@]2(O)C(=O)C3C(=O)c4c(O)cccc4C[C@@H]3[C@@H](O)[C@H]12. The highest BCUT2D eigenvalue weighted by Gasteiger charge is 2.72. The van der Waals surface area contributed by atoms with Crippen LogP contribution in [0.4, 0.5) is 0 Å². The van der Waals surface area contributed by atoms with Crippen molar-refractivity contribution in [1.82, 2.24) is 4.90 Å². The number of likely N-dealkylation sites (N-methyl/N-ethyl adjacent to an activating group) is 1. The summed E-state index contributed by atoms with van der Waals surface area (Å²) in [4.78, 5) is 65.8. The number of amides is 1. The number of carbonyl (C=O) groups is 5. The lowest BCUT2D eigenvalue weighted by Crippen LogP contribution is -2.77. The normalized spacial score (nSPS) is 37.3. The van der Waals surface area contributed by atoms with Crippen molar-refractivity contribution in [3.63, 3.8) is 0 Å². The molecule has 31 heavy (non-hydrogen) atoms. The summed E-state index contributed by atoms with van der Waals surface area (Å²) in [5.74, 6) is -12.4. The van der Waals surface area contributed by atoms with Gasteiger partial charge in [-0.3, -0.25) is 28.9 Å². The molecule has 3 aliphatic carbocycles. The minimum absolute atomic E-state index is 0.0153. The van der Waals surface area contributed by atoms with Crippen LogP contribution in [0, 0.1) is 23.7 Å². The van der Waals surface area contributed by atoms with Gasteiger partial charge in [0, 0.05) is 5.92 Å². The molecule has 4 rings (SSSR count). The number of phenolic OH excluding ortho intramolecular Hbond substituents is 1. The number of fused-ring (bicyclic) bond motifs is 3. The van der Waals surface area contributed by atoms with Crippen LogP contribution in [0.15, 0.2) is 18.2 Å². The number of carbonyl (C=O) groups excluding carboxylic acids is 5. The first-order valence-electron chi connectivity index (χ1n) is 9.78. The summed E-state index contributed by atoms with van der Waals surface area (Å²) in [6.45, 7) is 0. The monoisotopic (exact) mass is 430 g/mol. The average molecular weight is 430 g/mol. The zero-order valence-electron chi connectivity index (χ0n) is 16.8. The average Bonchev–Trinajstić information content (AvgIpc) is 2.67. The second kappa shape index (κ2) is 6.78. The molecule has 0 heterocycles. The fraction of sp³-hybridized carbons (Fsp3) is 0.476. The van der Waals surface area contributed by atoms with Gasteiger partial charge in [-0.15, -0.1) is 0 Å². The fourth-order valence-corrected chi connectivity index (χ4v) is 5.55. The maximum absolute atomic E-state index is 13.5. The molecular weight excluding hydrogens is 408 g/mol. The molecule has 2 unspecified atom stereocenters. The fourth-order valence-electron chi connectivity index (χ4n) is 5.55. The van der Waals surface area contributed by atoms with E-state index in [9.17, 15) is 39.3 Å². The Kier molecular flexibility index (Phi) is 4.65. The topological polar surface area (TPSA) is 175 Å². The molecule has 0 aliphatic heterocycles. The number of nitrogens with two attached hydrogens (primary N) is 1. The van der Waals surface area contributed by atoms with E-state index in [0.717, 1.165) is 0 Å². The van der Waals surface area contributed by atoms with Gasteiger partial charge >= 0.3 is 0 Å². The maximum atomic E-state index is 13.5. The lowest BCUT2D eigenvalue weighted by Gasteiger charge is -2.54. The minimum Gasteiger partial charge on any atom is -0.507 e. The second-order valence-corrected chi connectivity index (χ2v) is 8.68. The Bertz CT molecular complexity index is 1050. The summed E-state index contributed by atoms with van der Waals surface area (Å²) in [5.41, 5.74) is 2.57. The summed E-state index contributed by atoms with van der Waals surface area (Å²) < 4.78 is 0. The van der Waals surface area contributed by atoms with Crippen LogP contribution < -0.4 is 5.73 Å². The summed E-state index contributed by atoms with van der Waals surface area (Å²) in [6, 6.07) is 3.00. The zero-order valence-corrected chi connectivity index (χ0v) is 16.8. The molecule has 1 aromatic carbocycles. The molecule has 3 aliphatic rings. The Balaban J connectivity index is 1.92. The number of aliphatic hydroxyl groups is 2. The van der Waals surface area contributed by atoms with Crippen molar-refractivity contribution >= 4 is 29.0 Å². The van der Waals surface area contributed by atoms with Gasteiger partial charge in [-0.1, -0.05) is 12.1 Å². The highest BCUT2D eigenvalue weighted by molar-refractivity contribution is 6.32. The van der Waals surface area contributed by atoms with Gasteiger partial charge in [0.1, 0.15) is 5.75 Å². The molecule has 0 spiro atoms. The minimum atomic E-state index is -2.96. The molecule has 5 N–H and O–H groups in total. The van der Waals surface area contributed by atoms with Crippen LogP contribution in [-0.4, -0.2) is 81.1 Å². The number of benzene rings is 1. The third-order valence-electron chi connectivity index (χ3n) is 6.88. The van der Waals surface area contributed by atoms with Gasteiger partial charge in [0.15, 0.2) is 34.7 Å². The number of aromatic hydroxyl groups is 1. The highest BCUT2D eigenvalue weighted by Crippen LogP contribution is 2.50. The van der Waals surface area contributed by atoms with E-state index in [0.29, 0.717) is 5.56 Å². The van der Waals surface area contributed by atoms with E-state index in [4.69, 9.17) is 5.73 Å². The van der Waals surface area contributed by atoms with Crippen LogP contribution in [0.25, 0.3) is 0 Å². The Hall–Kier alpha value is -2.95. The summed E-state index contributed by atoms with van der Waals surface area (Å²) >= 11 is 0. The highest BCUT2D eigenvalue weighted by atomic mass is 16.3. The van der Waals surface area contributed by atoms with E-state index in [1.54, 1.807) is 6.07 Å². The third kappa shape index (κ3) is 2.58. The van der Waals surface area contributed by atoms with Gasteiger partial charge < -0.3 is 21.1 Å². The molecular formula is C21H22N2O8. The zero-order chi connectivity index (χ0) is 23.0. The molecule has 10 heteroatoms. The number of aliphatic hydroxyl groups excluding tert-OH is 1. The molecule has 2 fully saturated rings. The number of hydrogen-bond acceptors (Lipinski definition) is 9. The Morgan fingerprint density at radius 3 is 2.39 bits per heavy atom. The van der Waals surface area contributed by atoms with E-state index >= 15 is 0 Å². The first-order valence-corrected chi connectivity index (χ1v) is 9.78. The molecule has 1 amide bonds. The Morgan fingerprint density at radius 2 is 1.81 bits per heavy atom. The van der Waals surface area contributed by atoms with E-state index < -0.39 is 70.5 Å². The van der Waals surface area contributed by atoms with Crippen LogP contribution in [0.2, 0.25) is 0 Å². The van der Waals surface area contributed by atoms with Crippen LogP contribution in [0.1, 0.15) is 15.9 Å². The second-order valence-electron chi connectivity index (χ2n) is 8.68. The number of ketones is 4. The first-order chi connectivity index (χ1) is 14.4. The molecule has 7 atom stereocenters. The van der Waals surface area contributed by atoms with Crippen LogP contribution >= 0.6 is 0 Å². The van der Waals surface area contributed by atoms with Crippen LogP contribution in [0.5, 0.6) is 5.75 Å². The van der Waals surface area contributed by atoms with Crippen molar-refractivity contribution in [3.05, 3.63) is 29.3 Å². The number of nitrogens with zero attached hydrogens (tertiary/aromatic N) is 1. The number of Topliss-reactive ketones (excluding diaryl/α,β-unsaturated/α-hetero) is 4. The summed E-state index contributed by atoms with van der Waals surface area (Å²) in [5, 5.41) is 32.7. The van der Waals surface area contributed by atoms with Crippen LogP contribution in [-0.2, 0) is 25.6 Å². The maximum Gasteiger partial charge on any atom is 0.235 e. The standard InChI is InChI=1S/C21H22N2O8/c1-23(2)14-13-15(25)8-6-7-4-3-5-9(24)10(7)16(26)11(8)18(28)21(13,31)19(29)12(17(14)27)20(22)30/h3-5,8,11-15,24-25,31H,6H2,1-2H3,(H2,22,30)/t8-,11?,12?,13-,14+,15+,21+/m0/s1. The number of phenols is 1. The molecule has 0 bridgehead atoms. The molecule has 1 aromatic rings. The van der Waals surface area contributed by atoms with Crippen molar-refractivity contribution in [1.29, 1.82) is 0 Å². The largest absolute Gasteiger partial charge is 0.507 e. The van der Waals surface area contributed by atoms with Crippen molar-refractivity contribution in [3.8, 4) is 5.75 Å². The van der Waals surface area contributed by atoms with E-state index in [-0.39, 0.29) is 17.7 Å². The molecule has 0 radical (unpaired) electrons. The van der Waals surface area contributed by atoms with Crippen molar-refractivity contribution in [2.45, 2.75) is 24.2 Å². The smallest absolute Gasteiger partial charge is 0.235 e. The molecule has 164 valence electrons. The van der Waals surface area contributed by atoms with E-state index in [1.165, 1.54) is 31.1 Å². The quantitative estimate of drug-likeness (QED) is 0.381.